The van der Waals surface area contributed by atoms with Crippen LogP contribution in [0.15, 0.2) is 22.7 Å². The van der Waals surface area contributed by atoms with Gasteiger partial charge in [0.15, 0.2) is 0 Å². The molecule has 0 bridgehead atoms. The summed E-state index contributed by atoms with van der Waals surface area (Å²) in [5.74, 6) is -0.659. The standard InChI is InChI=1S/C14H16Br2FNO/c15-9-11-4-2-1-3-7-18(11)14(19)12-6-5-10(16)8-13(12)17/h5-6,8,11H,1-4,7,9H2. The fourth-order valence-corrected chi connectivity index (χ4v) is 3.43. The highest BCUT2D eigenvalue weighted by Gasteiger charge is 2.27. The van der Waals surface area contributed by atoms with Gasteiger partial charge in [-0.25, -0.2) is 4.39 Å². The quantitative estimate of drug-likeness (QED) is 0.684. The number of carbonyl (C=O) groups is 1. The molecule has 1 aromatic rings. The summed E-state index contributed by atoms with van der Waals surface area (Å²) in [4.78, 5) is 14.3. The summed E-state index contributed by atoms with van der Waals surface area (Å²) < 4.78 is 14.5. The first kappa shape index (κ1) is 15.0. The molecule has 1 fully saturated rings. The third-order valence-corrected chi connectivity index (χ3v) is 4.72. The first-order valence-corrected chi connectivity index (χ1v) is 8.37. The van der Waals surface area contributed by atoms with Crippen molar-refractivity contribution < 1.29 is 9.18 Å². The molecule has 19 heavy (non-hydrogen) atoms. The van der Waals surface area contributed by atoms with E-state index in [0.717, 1.165) is 31.0 Å². The predicted molar refractivity (Wildman–Crippen MR) is 81.2 cm³/mol. The zero-order valence-corrected chi connectivity index (χ0v) is 13.7. The van der Waals surface area contributed by atoms with Crippen molar-refractivity contribution in [2.75, 3.05) is 11.9 Å². The Bertz CT molecular complexity index is 467. The fourth-order valence-electron chi connectivity index (χ4n) is 2.42. The number of hydrogen-bond donors (Lipinski definition) is 0. The van der Waals surface area contributed by atoms with Crippen LogP contribution in [-0.2, 0) is 0 Å². The topological polar surface area (TPSA) is 20.3 Å². The summed E-state index contributed by atoms with van der Waals surface area (Å²) in [5, 5.41) is 0.747. The maximum absolute atomic E-state index is 13.9. The maximum atomic E-state index is 13.9. The van der Waals surface area contributed by atoms with E-state index in [1.54, 1.807) is 12.1 Å². The zero-order chi connectivity index (χ0) is 13.8. The van der Waals surface area contributed by atoms with Crippen molar-refractivity contribution in [3.05, 3.63) is 34.1 Å². The van der Waals surface area contributed by atoms with Crippen LogP contribution in [0.3, 0.4) is 0 Å². The van der Waals surface area contributed by atoms with Crippen molar-refractivity contribution in [1.29, 1.82) is 0 Å². The van der Waals surface area contributed by atoms with E-state index in [1.807, 2.05) is 4.90 Å². The highest BCUT2D eigenvalue weighted by Crippen LogP contribution is 2.23. The van der Waals surface area contributed by atoms with Crippen LogP contribution in [0, 0.1) is 5.82 Å². The minimum absolute atomic E-state index is 0.163. The second kappa shape index (κ2) is 6.84. The average Bonchev–Trinajstić information content (AvgIpc) is 2.63. The molecule has 1 unspecified atom stereocenters. The highest BCUT2D eigenvalue weighted by molar-refractivity contribution is 9.10. The molecule has 0 saturated carbocycles. The predicted octanol–water partition coefficient (Wildman–Crippen LogP) is 4.37. The normalized spacial score (nSPS) is 20.2. The van der Waals surface area contributed by atoms with Gasteiger partial charge in [-0.1, -0.05) is 44.7 Å². The van der Waals surface area contributed by atoms with Crippen LogP contribution in [0.2, 0.25) is 0 Å². The second-order valence-corrected chi connectivity index (χ2v) is 6.34. The van der Waals surface area contributed by atoms with Crippen LogP contribution < -0.4 is 0 Å². The van der Waals surface area contributed by atoms with Crippen molar-refractivity contribution in [2.24, 2.45) is 0 Å². The van der Waals surface area contributed by atoms with Gasteiger partial charge in [-0.3, -0.25) is 4.79 Å². The van der Waals surface area contributed by atoms with E-state index in [2.05, 4.69) is 31.9 Å². The van der Waals surface area contributed by atoms with E-state index < -0.39 is 5.82 Å². The largest absolute Gasteiger partial charge is 0.335 e. The molecule has 0 spiro atoms. The summed E-state index contributed by atoms with van der Waals surface area (Å²) in [6, 6.07) is 4.77. The number of rotatable bonds is 2. The van der Waals surface area contributed by atoms with E-state index in [-0.39, 0.29) is 17.5 Å². The number of hydrogen-bond acceptors (Lipinski definition) is 1. The minimum Gasteiger partial charge on any atom is -0.335 e. The molecule has 1 saturated heterocycles. The molecule has 1 heterocycles. The van der Waals surface area contributed by atoms with Gasteiger partial charge in [0.05, 0.1) is 5.56 Å². The molecule has 104 valence electrons. The van der Waals surface area contributed by atoms with Crippen LogP contribution in [0.25, 0.3) is 0 Å². The Morgan fingerprint density at radius 3 is 2.84 bits per heavy atom. The Balaban J connectivity index is 2.25. The monoisotopic (exact) mass is 391 g/mol. The molecule has 5 heteroatoms. The molecule has 1 amide bonds. The molecular formula is C14H16Br2FNO. The summed E-state index contributed by atoms with van der Waals surface area (Å²) in [6.45, 7) is 0.713. The molecule has 2 rings (SSSR count). The second-order valence-electron chi connectivity index (χ2n) is 4.78. The number of carbonyl (C=O) groups excluding carboxylic acids is 1. The van der Waals surface area contributed by atoms with Crippen molar-refractivity contribution >= 4 is 37.8 Å². The van der Waals surface area contributed by atoms with E-state index >= 15 is 0 Å². The summed E-state index contributed by atoms with van der Waals surface area (Å²) in [6.07, 6.45) is 4.24. The van der Waals surface area contributed by atoms with E-state index in [1.165, 1.54) is 6.07 Å². The number of halogens is 3. The molecule has 0 radical (unpaired) electrons. The van der Waals surface area contributed by atoms with Gasteiger partial charge in [0.1, 0.15) is 5.82 Å². The smallest absolute Gasteiger partial charge is 0.257 e. The van der Waals surface area contributed by atoms with Gasteiger partial charge in [-0.15, -0.1) is 0 Å². The van der Waals surface area contributed by atoms with Gasteiger partial charge >= 0.3 is 0 Å². The van der Waals surface area contributed by atoms with E-state index in [4.69, 9.17) is 0 Å². The van der Waals surface area contributed by atoms with Gasteiger partial charge in [-0.05, 0) is 31.0 Å². The van der Waals surface area contributed by atoms with E-state index in [0.29, 0.717) is 11.0 Å². The zero-order valence-electron chi connectivity index (χ0n) is 10.5. The van der Waals surface area contributed by atoms with Gasteiger partial charge in [0.2, 0.25) is 0 Å². The number of benzene rings is 1. The SMILES string of the molecule is O=C(c1ccc(Br)cc1F)N1CCCCCC1CBr. The van der Waals surface area contributed by atoms with Crippen LogP contribution >= 0.6 is 31.9 Å². The van der Waals surface area contributed by atoms with Crippen LogP contribution in [-0.4, -0.2) is 28.7 Å². The van der Waals surface area contributed by atoms with Crippen LogP contribution in [0.1, 0.15) is 36.0 Å². The first-order valence-electron chi connectivity index (χ1n) is 6.45. The lowest BCUT2D eigenvalue weighted by atomic mass is 10.1. The van der Waals surface area contributed by atoms with Crippen LogP contribution in [0.4, 0.5) is 4.39 Å². The summed E-state index contributed by atoms with van der Waals surface area (Å²) in [7, 11) is 0. The number of likely N-dealkylation sites (tertiary alicyclic amines) is 1. The number of amides is 1. The summed E-state index contributed by atoms with van der Waals surface area (Å²) in [5.41, 5.74) is 0.163. The lowest BCUT2D eigenvalue weighted by Gasteiger charge is -2.29. The van der Waals surface area contributed by atoms with Crippen molar-refractivity contribution in [1.82, 2.24) is 4.90 Å². The Morgan fingerprint density at radius 2 is 2.16 bits per heavy atom. The highest BCUT2D eigenvalue weighted by atomic mass is 79.9. The Kier molecular flexibility index (Phi) is 5.39. The van der Waals surface area contributed by atoms with Gasteiger partial charge in [0.25, 0.3) is 5.91 Å². The Hall–Kier alpha value is -0.420. The lowest BCUT2D eigenvalue weighted by Crippen LogP contribution is -2.41. The fraction of sp³-hybridized carbons (Fsp3) is 0.500. The molecule has 0 N–H and O–H groups in total. The van der Waals surface area contributed by atoms with Crippen LogP contribution in [0.5, 0.6) is 0 Å². The number of nitrogens with zero attached hydrogens (tertiary/aromatic N) is 1. The minimum atomic E-state index is -0.461. The molecule has 0 aliphatic carbocycles. The van der Waals surface area contributed by atoms with Crippen molar-refractivity contribution in [3.8, 4) is 0 Å². The molecule has 1 aliphatic heterocycles. The van der Waals surface area contributed by atoms with E-state index in [9.17, 15) is 9.18 Å². The number of alkyl halides is 1. The molecule has 0 aromatic heterocycles. The lowest BCUT2D eigenvalue weighted by molar-refractivity contribution is 0.0697. The Labute approximate surface area is 129 Å². The molecule has 1 aliphatic rings. The van der Waals surface area contributed by atoms with Crippen molar-refractivity contribution in [3.63, 3.8) is 0 Å². The summed E-state index contributed by atoms with van der Waals surface area (Å²) >= 11 is 6.67. The third-order valence-electron chi connectivity index (χ3n) is 3.48. The molecular weight excluding hydrogens is 377 g/mol. The Morgan fingerprint density at radius 1 is 1.37 bits per heavy atom. The molecule has 1 atom stereocenters. The third kappa shape index (κ3) is 3.57. The van der Waals surface area contributed by atoms with Gasteiger partial charge in [0, 0.05) is 22.4 Å². The first-order chi connectivity index (χ1) is 9.13. The average molecular weight is 393 g/mol. The van der Waals surface area contributed by atoms with Crippen molar-refractivity contribution in [2.45, 2.75) is 31.7 Å². The van der Waals surface area contributed by atoms with Gasteiger partial charge < -0.3 is 4.90 Å². The van der Waals surface area contributed by atoms with Gasteiger partial charge in [-0.2, -0.15) is 0 Å². The molecule has 1 aromatic carbocycles. The maximum Gasteiger partial charge on any atom is 0.257 e. The molecule has 2 nitrogen and oxygen atoms in total.